The number of cyclic esters (lactones) is 1. The molecule has 150 valence electrons. The standard InChI is InChI=1S/C21H18ClNO6/c1-4-18(24)28-19-15(22)8-12(10-17(19)27-3)9-16-21(25)29-20(23-16)13-6-5-7-14(11-13)26-2/h5-11H,4H2,1-3H3/b16-9+. The van der Waals surface area contributed by atoms with Gasteiger partial charge >= 0.3 is 11.9 Å². The normalized spacial score (nSPS) is 14.4. The molecule has 1 heterocycles. The maximum Gasteiger partial charge on any atom is 0.363 e. The highest BCUT2D eigenvalue weighted by Crippen LogP contribution is 2.37. The number of carbonyl (C=O) groups excluding carboxylic acids is 2. The Morgan fingerprint density at radius 1 is 1.21 bits per heavy atom. The van der Waals surface area contributed by atoms with Gasteiger partial charge in [-0.15, -0.1) is 0 Å². The first-order valence-corrected chi connectivity index (χ1v) is 9.08. The third-order valence-electron chi connectivity index (χ3n) is 4.00. The van der Waals surface area contributed by atoms with Gasteiger partial charge in [-0.25, -0.2) is 9.79 Å². The van der Waals surface area contributed by atoms with Gasteiger partial charge in [-0.2, -0.15) is 0 Å². The average molecular weight is 416 g/mol. The predicted molar refractivity (Wildman–Crippen MR) is 108 cm³/mol. The lowest BCUT2D eigenvalue weighted by molar-refractivity contribution is -0.134. The molecule has 1 aliphatic heterocycles. The van der Waals surface area contributed by atoms with Crippen LogP contribution in [0.3, 0.4) is 0 Å². The van der Waals surface area contributed by atoms with Crippen molar-refractivity contribution in [1.82, 2.24) is 0 Å². The van der Waals surface area contributed by atoms with Gasteiger partial charge in [-0.05, 0) is 42.0 Å². The summed E-state index contributed by atoms with van der Waals surface area (Å²) in [6, 6.07) is 10.2. The third-order valence-corrected chi connectivity index (χ3v) is 4.28. The molecule has 29 heavy (non-hydrogen) atoms. The van der Waals surface area contributed by atoms with E-state index in [-0.39, 0.29) is 34.5 Å². The summed E-state index contributed by atoms with van der Waals surface area (Å²) in [6.45, 7) is 1.67. The van der Waals surface area contributed by atoms with E-state index in [9.17, 15) is 9.59 Å². The molecule has 0 saturated carbocycles. The van der Waals surface area contributed by atoms with E-state index in [2.05, 4.69) is 4.99 Å². The molecule has 0 atom stereocenters. The van der Waals surface area contributed by atoms with Crippen molar-refractivity contribution in [2.75, 3.05) is 14.2 Å². The number of esters is 2. The quantitative estimate of drug-likeness (QED) is 0.402. The van der Waals surface area contributed by atoms with Crippen LogP contribution in [0.2, 0.25) is 5.02 Å². The Balaban J connectivity index is 1.94. The molecule has 0 N–H and O–H groups in total. The smallest absolute Gasteiger partial charge is 0.363 e. The van der Waals surface area contributed by atoms with Crippen LogP contribution >= 0.6 is 11.6 Å². The van der Waals surface area contributed by atoms with Crippen LogP contribution in [-0.2, 0) is 14.3 Å². The average Bonchev–Trinajstić information content (AvgIpc) is 3.09. The SMILES string of the molecule is CCC(=O)Oc1c(Cl)cc(/C=C2/N=C(c3cccc(OC)c3)OC2=O)cc1OC. The van der Waals surface area contributed by atoms with Crippen molar-refractivity contribution < 1.29 is 28.5 Å². The molecule has 0 radical (unpaired) electrons. The molecule has 0 bridgehead atoms. The van der Waals surface area contributed by atoms with Crippen LogP contribution in [0, 0.1) is 0 Å². The highest BCUT2D eigenvalue weighted by atomic mass is 35.5. The Hall–Kier alpha value is -3.32. The van der Waals surface area contributed by atoms with Gasteiger partial charge in [-0.1, -0.05) is 24.6 Å². The zero-order chi connectivity index (χ0) is 21.0. The van der Waals surface area contributed by atoms with Crippen molar-refractivity contribution in [2.24, 2.45) is 4.99 Å². The summed E-state index contributed by atoms with van der Waals surface area (Å²) >= 11 is 6.24. The molecule has 0 aliphatic carbocycles. The number of aliphatic imine (C=N–C) groups is 1. The molecule has 8 heteroatoms. The van der Waals surface area contributed by atoms with Gasteiger partial charge in [0.25, 0.3) is 0 Å². The second-order valence-electron chi connectivity index (χ2n) is 5.93. The fourth-order valence-electron chi connectivity index (χ4n) is 2.55. The summed E-state index contributed by atoms with van der Waals surface area (Å²) in [5, 5.41) is 0.168. The molecular formula is C21H18ClNO6. The topological polar surface area (TPSA) is 83.4 Å². The second-order valence-corrected chi connectivity index (χ2v) is 6.34. The van der Waals surface area contributed by atoms with Crippen molar-refractivity contribution in [1.29, 1.82) is 0 Å². The van der Waals surface area contributed by atoms with Crippen LogP contribution in [0.5, 0.6) is 17.2 Å². The molecule has 0 unspecified atom stereocenters. The zero-order valence-electron chi connectivity index (χ0n) is 16.0. The lowest BCUT2D eigenvalue weighted by atomic mass is 10.1. The molecular weight excluding hydrogens is 398 g/mol. The summed E-state index contributed by atoms with van der Waals surface area (Å²) in [4.78, 5) is 28.1. The minimum absolute atomic E-state index is 0.0965. The van der Waals surface area contributed by atoms with Crippen molar-refractivity contribution in [3.8, 4) is 17.2 Å². The van der Waals surface area contributed by atoms with E-state index >= 15 is 0 Å². The summed E-state index contributed by atoms with van der Waals surface area (Å²) in [5.74, 6) is 0.133. The first kappa shape index (κ1) is 20.4. The summed E-state index contributed by atoms with van der Waals surface area (Å²) in [6.07, 6.45) is 1.70. The number of halogens is 1. The van der Waals surface area contributed by atoms with E-state index in [0.29, 0.717) is 16.9 Å². The van der Waals surface area contributed by atoms with Crippen LogP contribution in [0.25, 0.3) is 6.08 Å². The van der Waals surface area contributed by atoms with Crippen LogP contribution in [-0.4, -0.2) is 32.1 Å². The Morgan fingerprint density at radius 3 is 2.69 bits per heavy atom. The molecule has 0 spiro atoms. The number of hydrogen-bond donors (Lipinski definition) is 0. The van der Waals surface area contributed by atoms with Crippen LogP contribution in [0.1, 0.15) is 24.5 Å². The number of methoxy groups -OCH3 is 2. The highest BCUT2D eigenvalue weighted by Gasteiger charge is 2.25. The Morgan fingerprint density at radius 2 is 2.00 bits per heavy atom. The van der Waals surface area contributed by atoms with E-state index < -0.39 is 11.9 Å². The summed E-state index contributed by atoms with van der Waals surface area (Å²) < 4.78 is 20.9. The third kappa shape index (κ3) is 4.57. The molecule has 0 fully saturated rings. The Bertz CT molecular complexity index is 1030. The van der Waals surface area contributed by atoms with E-state index in [4.69, 9.17) is 30.5 Å². The summed E-state index contributed by atoms with van der Waals surface area (Å²) in [7, 11) is 2.97. The fourth-order valence-corrected chi connectivity index (χ4v) is 2.81. The first-order valence-electron chi connectivity index (χ1n) is 8.70. The van der Waals surface area contributed by atoms with Crippen molar-refractivity contribution >= 4 is 35.5 Å². The van der Waals surface area contributed by atoms with Gasteiger partial charge in [0.2, 0.25) is 5.90 Å². The maximum absolute atomic E-state index is 12.2. The maximum atomic E-state index is 12.2. The molecule has 2 aromatic carbocycles. The van der Waals surface area contributed by atoms with Gasteiger partial charge in [0, 0.05) is 12.0 Å². The molecule has 7 nitrogen and oxygen atoms in total. The van der Waals surface area contributed by atoms with Crippen LogP contribution in [0.4, 0.5) is 0 Å². The monoisotopic (exact) mass is 415 g/mol. The zero-order valence-corrected chi connectivity index (χ0v) is 16.8. The van der Waals surface area contributed by atoms with Gasteiger partial charge in [0.1, 0.15) is 5.75 Å². The number of rotatable bonds is 6. The fraction of sp³-hybridized carbons (Fsp3) is 0.190. The van der Waals surface area contributed by atoms with Crippen LogP contribution in [0.15, 0.2) is 47.1 Å². The molecule has 3 rings (SSSR count). The lowest BCUT2D eigenvalue weighted by Gasteiger charge is -2.11. The minimum Gasteiger partial charge on any atom is -0.497 e. The van der Waals surface area contributed by atoms with E-state index in [1.165, 1.54) is 13.2 Å². The number of ether oxygens (including phenoxy) is 4. The van der Waals surface area contributed by atoms with E-state index in [1.807, 2.05) is 0 Å². The molecule has 0 saturated heterocycles. The Labute approximate surface area is 172 Å². The predicted octanol–water partition coefficient (Wildman–Crippen LogP) is 4.02. The van der Waals surface area contributed by atoms with E-state index in [0.717, 1.165) is 0 Å². The van der Waals surface area contributed by atoms with Crippen LogP contribution < -0.4 is 14.2 Å². The van der Waals surface area contributed by atoms with E-state index in [1.54, 1.807) is 50.4 Å². The molecule has 2 aromatic rings. The number of benzene rings is 2. The highest BCUT2D eigenvalue weighted by molar-refractivity contribution is 6.32. The summed E-state index contributed by atoms with van der Waals surface area (Å²) in [5.41, 5.74) is 1.24. The molecule has 0 amide bonds. The van der Waals surface area contributed by atoms with Crippen molar-refractivity contribution in [2.45, 2.75) is 13.3 Å². The number of nitrogens with zero attached hydrogens (tertiary/aromatic N) is 1. The molecule has 1 aliphatic rings. The first-order chi connectivity index (χ1) is 13.9. The van der Waals surface area contributed by atoms with Crippen molar-refractivity contribution in [3.05, 3.63) is 58.2 Å². The van der Waals surface area contributed by atoms with Gasteiger partial charge in [0.05, 0.1) is 19.2 Å². The number of carbonyl (C=O) groups is 2. The lowest BCUT2D eigenvalue weighted by Crippen LogP contribution is -2.07. The van der Waals surface area contributed by atoms with Gasteiger partial charge in [0.15, 0.2) is 17.2 Å². The minimum atomic E-state index is -0.598. The van der Waals surface area contributed by atoms with Gasteiger partial charge in [-0.3, -0.25) is 4.79 Å². The van der Waals surface area contributed by atoms with Gasteiger partial charge < -0.3 is 18.9 Å². The Kier molecular flexibility index (Phi) is 6.19. The second kappa shape index (κ2) is 8.79. The largest absolute Gasteiger partial charge is 0.497 e. The molecule has 0 aromatic heterocycles. The van der Waals surface area contributed by atoms with Crippen molar-refractivity contribution in [3.63, 3.8) is 0 Å². The number of hydrogen-bond acceptors (Lipinski definition) is 7.